The van der Waals surface area contributed by atoms with Crippen molar-refractivity contribution < 1.29 is 4.79 Å². The Labute approximate surface area is 202 Å². The van der Waals surface area contributed by atoms with Crippen molar-refractivity contribution in [2.24, 2.45) is 5.92 Å². The predicted molar refractivity (Wildman–Crippen MR) is 136 cm³/mol. The average molecular weight is 481 g/mol. The van der Waals surface area contributed by atoms with Gasteiger partial charge in [0.1, 0.15) is 11.6 Å². The number of likely N-dealkylation sites (N-methyl/N-ethyl adjacent to an activating group) is 1. The van der Waals surface area contributed by atoms with Crippen molar-refractivity contribution in [3.05, 3.63) is 47.3 Å². The maximum atomic E-state index is 12.0. The van der Waals surface area contributed by atoms with Crippen molar-refractivity contribution in [3.8, 4) is 0 Å². The summed E-state index contributed by atoms with van der Waals surface area (Å²) in [7, 11) is 4.23. The van der Waals surface area contributed by atoms with E-state index in [9.17, 15) is 4.79 Å². The highest BCUT2D eigenvalue weighted by Crippen LogP contribution is 2.33. The van der Waals surface area contributed by atoms with Crippen LogP contribution in [0.4, 0.5) is 22.3 Å². The van der Waals surface area contributed by atoms with E-state index in [1.54, 1.807) is 11.3 Å². The lowest BCUT2D eigenvalue weighted by Crippen LogP contribution is -2.57. The highest BCUT2D eigenvalue weighted by Gasteiger charge is 2.30. The number of amides is 1. The first-order valence-corrected chi connectivity index (χ1v) is 12.8. The molecule has 33 heavy (non-hydrogen) atoms. The maximum Gasteiger partial charge on any atom is 0.227 e. The summed E-state index contributed by atoms with van der Waals surface area (Å²) in [5.41, 5.74) is 0.830. The molecule has 172 valence electrons. The zero-order valence-electron chi connectivity index (χ0n) is 19.0. The highest BCUT2D eigenvalue weighted by atomic mass is 32.2. The normalized spacial score (nSPS) is 16.1. The Kier molecular flexibility index (Phi) is 6.27. The fraction of sp³-hybridized carbons (Fsp3) is 0.375. The molecule has 5 rings (SSSR count). The molecule has 0 bridgehead atoms. The molecule has 1 saturated heterocycles. The number of thiophene rings is 1. The molecule has 2 aromatic heterocycles. The van der Waals surface area contributed by atoms with Gasteiger partial charge in [0.25, 0.3) is 0 Å². The smallest absolute Gasteiger partial charge is 0.227 e. The number of nitrogens with zero attached hydrogens (tertiary/aromatic N) is 4. The van der Waals surface area contributed by atoms with Gasteiger partial charge in [-0.05, 0) is 82.0 Å². The van der Waals surface area contributed by atoms with Crippen LogP contribution in [-0.4, -0.2) is 54.0 Å². The lowest BCUT2D eigenvalue weighted by Gasteiger charge is -2.43. The Balaban J connectivity index is 1.33. The van der Waals surface area contributed by atoms with E-state index >= 15 is 0 Å². The molecule has 9 heteroatoms. The first kappa shape index (κ1) is 22.2. The lowest BCUT2D eigenvalue weighted by atomic mass is 10.1. The van der Waals surface area contributed by atoms with Gasteiger partial charge in [-0.15, -0.1) is 11.3 Å². The number of carbonyl (C=O) groups excluding carboxylic acids is 1. The number of aryl methyl sites for hydroxylation is 1. The van der Waals surface area contributed by atoms with E-state index in [-0.39, 0.29) is 11.8 Å². The van der Waals surface area contributed by atoms with Crippen LogP contribution >= 0.6 is 23.1 Å². The summed E-state index contributed by atoms with van der Waals surface area (Å²) >= 11 is 3.24. The maximum absolute atomic E-state index is 12.0. The molecule has 0 spiro atoms. The monoisotopic (exact) mass is 480 g/mol. The van der Waals surface area contributed by atoms with Crippen molar-refractivity contribution in [3.63, 3.8) is 0 Å². The fourth-order valence-corrected chi connectivity index (χ4v) is 5.12. The van der Waals surface area contributed by atoms with Gasteiger partial charge in [0.15, 0.2) is 5.16 Å². The Morgan fingerprint density at radius 1 is 1.12 bits per heavy atom. The van der Waals surface area contributed by atoms with E-state index in [0.717, 1.165) is 53.2 Å². The molecule has 1 aliphatic heterocycles. The molecule has 3 heterocycles. The van der Waals surface area contributed by atoms with Crippen molar-refractivity contribution in [1.82, 2.24) is 14.9 Å². The third kappa shape index (κ3) is 5.48. The third-order valence-electron chi connectivity index (χ3n) is 5.88. The van der Waals surface area contributed by atoms with Crippen LogP contribution in [0.15, 0.2) is 52.5 Å². The van der Waals surface area contributed by atoms with E-state index in [4.69, 9.17) is 9.97 Å². The zero-order valence-corrected chi connectivity index (χ0v) is 20.7. The zero-order chi connectivity index (χ0) is 22.9. The van der Waals surface area contributed by atoms with Gasteiger partial charge in [0, 0.05) is 46.6 Å². The molecule has 2 N–H and O–H groups in total. The second-order valence-corrected chi connectivity index (χ2v) is 11.2. The number of carbonyl (C=O) groups is 1. The number of hydrogen-bond donors (Lipinski definition) is 2. The molecule has 1 amide bonds. The van der Waals surface area contributed by atoms with E-state index in [1.807, 2.05) is 30.3 Å². The van der Waals surface area contributed by atoms with Crippen molar-refractivity contribution in [1.29, 1.82) is 0 Å². The summed E-state index contributed by atoms with van der Waals surface area (Å²) in [6.07, 6.45) is 2.00. The number of rotatable bonds is 8. The van der Waals surface area contributed by atoms with Crippen LogP contribution in [0.2, 0.25) is 0 Å². The first-order valence-electron chi connectivity index (χ1n) is 11.2. The summed E-state index contributed by atoms with van der Waals surface area (Å²) in [6.45, 7) is 4.02. The van der Waals surface area contributed by atoms with Crippen LogP contribution in [0, 0.1) is 12.8 Å². The molecular formula is C24H28N6OS2. The molecule has 0 radical (unpaired) electrons. The summed E-state index contributed by atoms with van der Waals surface area (Å²) < 4.78 is 0. The molecule has 3 aromatic rings. The van der Waals surface area contributed by atoms with Crippen LogP contribution in [0.1, 0.15) is 17.7 Å². The van der Waals surface area contributed by atoms with Gasteiger partial charge in [-0.25, -0.2) is 9.97 Å². The quantitative estimate of drug-likeness (QED) is 0.447. The minimum absolute atomic E-state index is 0.122. The molecule has 0 atom stereocenters. The van der Waals surface area contributed by atoms with Gasteiger partial charge in [-0.1, -0.05) is 0 Å². The molecule has 1 aromatic carbocycles. The third-order valence-corrected chi connectivity index (χ3v) is 7.67. The molecule has 1 aliphatic carbocycles. The minimum atomic E-state index is 0.122. The molecule has 7 nitrogen and oxygen atoms in total. The summed E-state index contributed by atoms with van der Waals surface area (Å²) in [5, 5.41) is 8.20. The number of aromatic nitrogens is 2. The molecule has 2 aliphatic rings. The Morgan fingerprint density at radius 2 is 1.88 bits per heavy atom. The largest absolute Gasteiger partial charge is 0.353 e. The second-order valence-electron chi connectivity index (χ2n) is 8.84. The standard InChI is InChI=1S/C24H28N6OS2/c1-15-4-11-22(32-15)26-20-12-21(30-13-18(14-30)29(2)3)28-24(27-20)33-19-9-7-17(8-10-19)25-23(31)16-5-6-16/h4,7-12,16,18H,5-6,13-14H2,1-3H3,(H,25,31)(H,26,27,28). The van der Waals surface area contributed by atoms with Crippen molar-refractivity contribution >= 4 is 51.3 Å². The Hall–Kier alpha value is -2.62. The SMILES string of the molecule is Cc1ccc(Nc2cc(N3CC(N(C)C)C3)nc(Sc3ccc(NC(=O)C4CC4)cc3)n2)s1. The molecular weight excluding hydrogens is 452 g/mol. The van der Waals surface area contributed by atoms with Crippen molar-refractivity contribution in [2.75, 3.05) is 42.7 Å². The van der Waals surface area contributed by atoms with Crippen LogP contribution in [0.3, 0.4) is 0 Å². The number of anilines is 4. The first-order chi connectivity index (χ1) is 15.9. The summed E-state index contributed by atoms with van der Waals surface area (Å²) in [5.74, 6) is 2.05. The van der Waals surface area contributed by atoms with Gasteiger partial charge in [-0.3, -0.25) is 4.79 Å². The Bertz CT molecular complexity index is 1140. The number of hydrogen-bond acceptors (Lipinski definition) is 8. The lowest BCUT2D eigenvalue weighted by molar-refractivity contribution is -0.117. The predicted octanol–water partition coefficient (Wildman–Crippen LogP) is 4.84. The van der Waals surface area contributed by atoms with Crippen molar-refractivity contribution in [2.45, 2.75) is 35.9 Å². The second kappa shape index (κ2) is 9.32. The van der Waals surface area contributed by atoms with Gasteiger partial charge in [0.05, 0.1) is 5.00 Å². The molecule has 1 saturated carbocycles. The van der Waals surface area contributed by atoms with E-state index < -0.39 is 0 Å². The van der Waals surface area contributed by atoms with Crippen LogP contribution in [0.25, 0.3) is 0 Å². The fourth-order valence-electron chi connectivity index (χ4n) is 3.58. The molecule has 2 fully saturated rings. The topological polar surface area (TPSA) is 73.4 Å². The Morgan fingerprint density at radius 3 is 2.52 bits per heavy atom. The van der Waals surface area contributed by atoms with E-state index in [2.05, 4.69) is 53.6 Å². The summed E-state index contributed by atoms with van der Waals surface area (Å²) in [6, 6.07) is 14.6. The number of benzene rings is 1. The van der Waals surface area contributed by atoms with Crippen LogP contribution < -0.4 is 15.5 Å². The van der Waals surface area contributed by atoms with Gasteiger partial charge in [0.2, 0.25) is 5.91 Å². The average Bonchev–Trinajstić information content (AvgIpc) is 3.51. The van der Waals surface area contributed by atoms with E-state index in [0.29, 0.717) is 11.2 Å². The van der Waals surface area contributed by atoms with Gasteiger partial charge in [-0.2, -0.15) is 0 Å². The van der Waals surface area contributed by atoms with Crippen LogP contribution in [0.5, 0.6) is 0 Å². The molecule has 0 unspecified atom stereocenters. The summed E-state index contributed by atoms with van der Waals surface area (Å²) in [4.78, 5) is 28.4. The van der Waals surface area contributed by atoms with Crippen LogP contribution in [-0.2, 0) is 4.79 Å². The highest BCUT2D eigenvalue weighted by molar-refractivity contribution is 7.99. The van der Waals surface area contributed by atoms with Gasteiger partial charge >= 0.3 is 0 Å². The van der Waals surface area contributed by atoms with E-state index in [1.165, 1.54) is 16.6 Å². The van der Waals surface area contributed by atoms with Gasteiger partial charge < -0.3 is 20.4 Å². The number of nitrogens with one attached hydrogen (secondary N) is 2. The minimum Gasteiger partial charge on any atom is -0.353 e.